The van der Waals surface area contributed by atoms with Crippen LogP contribution in [0.5, 0.6) is 0 Å². The van der Waals surface area contributed by atoms with E-state index in [0.717, 1.165) is 75.6 Å². The highest BCUT2D eigenvalue weighted by atomic mass is 32.1. The van der Waals surface area contributed by atoms with E-state index < -0.39 is 0 Å². The quantitative estimate of drug-likeness (QED) is 0.202. The molecule has 1 atom stereocenters. The Labute approximate surface area is 322 Å². The van der Waals surface area contributed by atoms with Gasteiger partial charge in [0.1, 0.15) is 11.9 Å². The number of fused-ring (bicyclic) bond motifs is 1. The second-order valence-electron chi connectivity index (χ2n) is 14.7. The molecule has 0 aromatic carbocycles. The van der Waals surface area contributed by atoms with Gasteiger partial charge < -0.3 is 20.0 Å². The fraction of sp³-hybridized carbons (Fsp3) is 0.410. The van der Waals surface area contributed by atoms with Crippen LogP contribution in [0.4, 0.5) is 16.6 Å². The van der Waals surface area contributed by atoms with Crippen LogP contribution >= 0.6 is 11.3 Å². The van der Waals surface area contributed by atoms with Crippen LogP contribution in [0.3, 0.4) is 0 Å². The third kappa shape index (κ3) is 7.70. The van der Waals surface area contributed by atoms with E-state index in [1.165, 1.54) is 11.3 Å². The van der Waals surface area contributed by atoms with Crippen LogP contribution in [0.2, 0.25) is 0 Å². The summed E-state index contributed by atoms with van der Waals surface area (Å²) in [5.74, 6) is 0.590. The zero-order chi connectivity index (χ0) is 38.1. The van der Waals surface area contributed by atoms with E-state index in [-0.39, 0.29) is 29.7 Å². The fourth-order valence-electron chi connectivity index (χ4n) is 7.59. The lowest BCUT2D eigenvalue weighted by Crippen LogP contribution is -2.49. The van der Waals surface area contributed by atoms with E-state index in [0.29, 0.717) is 56.9 Å². The second-order valence-corrected chi connectivity index (χ2v) is 15.6. The van der Waals surface area contributed by atoms with Gasteiger partial charge in [-0.05, 0) is 74.9 Å². The molecule has 3 aliphatic rings. The molecule has 0 bridgehead atoms. The molecule has 55 heavy (non-hydrogen) atoms. The summed E-state index contributed by atoms with van der Waals surface area (Å²) in [7, 11) is 0. The molecule has 16 heteroatoms. The van der Waals surface area contributed by atoms with Gasteiger partial charge >= 0.3 is 0 Å². The molecule has 3 fully saturated rings. The normalized spacial score (nSPS) is 18.1. The summed E-state index contributed by atoms with van der Waals surface area (Å²) in [6.07, 6.45) is 8.36. The third-order valence-electron chi connectivity index (χ3n) is 10.6. The Morgan fingerprint density at radius 1 is 0.964 bits per heavy atom. The number of carbonyl (C=O) groups is 3. The average molecular weight is 759 g/mol. The number of rotatable bonds is 9. The molecular weight excluding hydrogens is 717 g/mol. The maximum Gasteiger partial charge on any atom is 0.234 e. The van der Waals surface area contributed by atoms with Crippen molar-refractivity contribution in [1.29, 1.82) is 5.26 Å². The van der Waals surface area contributed by atoms with E-state index in [1.54, 1.807) is 23.0 Å². The van der Waals surface area contributed by atoms with Crippen molar-refractivity contribution in [2.45, 2.75) is 57.9 Å². The van der Waals surface area contributed by atoms with Gasteiger partial charge in [0, 0.05) is 76.2 Å². The molecule has 0 saturated carbocycles. The minimum absolute atomic E-state index is 0.169. The van der Waals surface area contributed by atoms with Gasteiger partial charge in [0.25, 0.3) is 0 Å². The maximum absolute atomic E-state index is 13.4. The van der Waals surface area contributed by atoms with Gasteiger partial charge in [0.2, 0.25) is 22.9 Å². The molecule has 3 aliphatic heterocycles. The number of hydrogen-bond donors (Lipinski definition) is 2. The number of imide groups is 1. The van der Waals surface area contributed by atoms with Crippen LogP contribution in [0, 0.1) is 17.2 Å². The highest BCUT2D eigenvalue weighted by molar-refractivity contribution is 7.18. The number of aromatic nitrogens is 6. The number of piperazine rings is 1. The standard InChI is InChI=1S/C39H42N12O3S/c1-24(2)44-31-19-32(33-6-4-28-17-26(20-40)21-43-51(28)33)41-23-30(31)38-46-47-39(55-38)50-15-13-49(14-16-50)36(53)18-25-9-11-48(12-10-25)34-7-3-27(22-42-34)29-5-8-35(52)45-37(29)54/h3-4,6-7,17,19,21-25,29H,5,8-16,18H2,1-2H3,(H,41,44)(H,45,52,54). The minimum Gasteiger partial charge on any atom is -0.382 e. The molecule has 282 valence electrons. The lowest BCUT2D eigenvalue weighted by molar-refractivity contribution is -0.134. The average Bonchev–Trinajstić information content (AvgIpc) is 3.86. The topological polar surface area (TPSA) is 178 Å². The first-order valence-corrected chi connectivity index (χ1v) is 19.6. The number of carbonyl (C=O) groups excluding carboxylic acids is 3. The molecule has 2 N–H and O–H groups in total. The molecule has 5 aromatic rings. The molecular formula is C39H42N12O3S. The van der Waals surface area contributed by atoms with E-state index in [2.05, 4.69) is 60.6 Å². The lowest BCUT2D eigenvalue weighted by Gasteiger charge is -2.36. The van der Waals surface area contributed by atoms with Crippen molar-refractivity contribution in [2.24, 2.45) is 5.92 Å². The Morgan fingerprint density at radius 3 is 2.51 bits per heavy atom. The summed E-state index contributed by atoms with van der Waals surface area (Å²) in [6.45, 7) is 8.48. The van der Waals surface area contributed by atoms with Crippen molar-refractivity contribution < 1.29 is 14.4 Å². The van der Waals surface area contributed by atoms with E-state index in [1.807, 2.05) is 41.4 Å². The molecule has 3 saturated heterocycles. The van der Waals surface area contributed by atoms with E-state index in [4.69, 9.17) is 4.98 Å². The van der Waals surface area contributed by atoms with Gasteiger partial charge in [0.05, 0.1) is 40.1 Å². The smallest absolute Gasteiger partial charge is 0.234 e. The van der Waals surface area contributed by atoms with Crippen molar-refractivity contribution in [3.05, 3.63) is 66.1 Å². The van der Waals surface area contributed by atoms with E-state index >= 15 is 0 Å². The van der Waals surface area contributed by atoms with Crippen LogP contribution in [-0.2, 0) is 14.4 Å². The maximum atomic E-state index is 13.4. The predicted molar refractivity (Wildman–Crippen MR) is 209 cm³/mol. The summed E-state index contributed by atoms with van der Waals surface area (Å²) in [5, 5.41) is 30.4. The summed E-state index contributed by atoms with van der Waals surface area (Å²) < 4.78 is 1.78. The highest BCUT2D eigenvalue weighted by Crippen LogP contribution is 2.36. The third-order valence-corrected chi connectivity index (χ3v) is 11.6. The van der Waals surface area contributed by atoms with Crippen LogP contribution in [-0.4, -0.2) is 97.7 Å². The fourth-order valence-corrected chi connectivity index (χ4v) is 8.51. The first-order chi connectivity index (χ1) is 26.7. The van der Waals surface area contributed by atoms with Gasteiger partial charge in [-0.2, -0.15) is 10.4 Å². The number of nitrogens with one attached hydrogen (secondary N) is 2. The Bertz CT molecular complexity index is 2260. The molecule has 3 amide bonds. The molecule has 0 aliphatic carbocycles. The number of amides is 3. The predicted octanol–water partition coefficient (Wildman–Crippen LogP) is 4.48. The summed E-state index contributed by atoms with van der Waals surface area (Å²) in [4.78, 5) is 53.0. The minimum atomic E-state index is -0.339. The lowest BCUT2D eigenvalue weighted by atomic mass is 9.91. The summed E-state index contributed by atoms with van der Waals surface area (Å²) in [6, 6.07) is 13.9. The van der Waals surface area contributed by atoms with Gasteiger partial charge in [-0.3, -0.25) is 24.7 Å². The Kier molecular flexibility index (Phi) is 10.1. The number of piperidine rings is 2. The SMILES string of the molecule is CC(C)Nc1cc(-c2ccc3cc(C#N)cnn23)ncc1-c1nnc(N2CCN(C(=O)CC3CCN(c4ccc(C5CCC(=O)NC5=O)cn4)CC3)CC2)s1. The zero-order valence-corrected chi connectivity index (χ0v) is 31.6. The molecule has 1 unspecified atom stereocenters. The molecule has 5 aromatic heterocycles. The van der Waals surface area contributed by atoms with Gasteiger partial charge in [-0.1, -0.05) is 17.4 Å². The van der Waals surface area contributed by atoms with Gasteiger partial charge in [-0.15, -0.1) is 10.2 Å². The summed E-state index contributed by atoms with van der Waals surface area (Å²) in [5.41, 5.74) is 5.48. The Morgan fingerprint density at radius 2 is 1.78 bits per heavy atom. The van der Waals surface area contributed by atoms with Crippen LogP contribution in [0.1, 0.15) is 63.0 Å². The van der Waals surface area contributed by atoms with Gasteiger partial charge in [-0.25, -0.2) is 9.50 Å². The number of anilines is 3. The van der Waals surface area contributed by atoms with Crippen molar-refractivity contribution in [3.8, 4) is 28.0 Å². The molecule has 15 nitrogen and oxygen atoms in total. The van der Waals surface area contributed by atoms with Crippen molar-refractivity contribution in [2.75, 3.05) is 54.4 Å². The van der Waals surface area contributed by atoms with Gasteiger partial charge in [0.15, 0.2) is 5.01 Å². The second kappa shape index (κ2) is 15.4. The van der Waals surface area contributed by atoms with Crippen LogP contribution in [0.15, 0.2) is 55.0 Å². The Hall–Kier alpha value is -5.95. The number of nitriles is 1. The number of nitrogens with zero attached hydrogens (tertiary/aromatic N) is 10. The molecule has 8 rings (SSSR count). The molecule has 0 spiro atoms. The summed E-state index contributed by atoms with van der Waals surface area (Å²) >= 11 is 1.52. The van der Waals surface area contributed by atoms with Crippen LogP contribution < -0.4 is 20.4 Å². The largest absolute Gasteiger partial charge is 0.382 e. The van der Waals surface area contributed by atoms with Crippen molar-refractivity contribution in [3.63, 3.8) is 0 Å². The number of hydrogen-bond acceptors (Lipinski definition) is 13. The van der Waals surface area contributed by atoms with Crippen molar-refractivity contribution in [1.82, 2.24) is 40.0 Å². The monoisotopic (exact) mass is 758 g/mol. The van der Waals surface area contributed by atoms with Crippen LogP contribution in [0.25, 0.3) is 27.5 Å². The molecule has 0 radical (unpaired) electrons. The molecule has 8 heterocycles. The highest BCUT2D eigenvalue weighted by Gasteiger charge is 2.30. The first kappa shape index (κ1) is 36.0. The first-order valence-electron chi connectivity index (χ1n) is 18.8. The Balaban J connectivity index is 0.845. The number of pyridine rings is 2. The zero-order valence-electron chi connectivity index (χ0n) is 30.8. The van der Waals surface area contributed by atoms with Crippen molar-refractivity contribution >= 4 is 51.2 Å². The van der Waals surface area contributed by atoms with E-state index in [9.17, 15) is 19.6 Å².